The molecule has 3 fully saturated rings. The Hall–Kier alpha value is -0.570. The molecule has 0 aromatic carbocycles. The maximum atomic E-state index is 11.7. The fourth-order valence-electron chi connectivity index (χ4n) is 3.35. The van der Waals surface area contributed by atoms with Crippen LogP contribution in [0.25, 0.3) is 0 Å². The van der Waals surface area contributed by atoms with Gasteiger partial charge in [0.25, 0.3) is 0 Å². The molecule has 0 radical (unpaired) electrons. The Morgan fingerprint density at radius 2 is 2.46 bits per heavy atom. The fraction of sp³-hybridized carbons (Fsp3) is 0.900. The summed E-state index contributed by atoms with van der Waals surface area (Å²) in [6.07, 6.45) is 4.19. The van der Waals surface area contributed by atoms with Gasteiger partial charge in [0.15, 0.2) is 0 Å². The number of carbonyl (C=O) groups excluding carboxylic acids is 1. The van der Waals surface area contributed by atoms with Crippen LogP contribution in [0.2, 0.25) is 0 Å². The molecule has 1 aliphatic carbocycles. The van der Waals surface area contributed by atoms with Gasteiger partial charge >= 0.3 is 0 Å². The molecule has 2 saturated heterocycles. The lowest BCUT2D eigenvalue weighted by molar-refractivity contribution is -0.139. The van der Waals surface area contributed by atoms with E-state index in [0.29, 0.717) is 17.9 Å². The fourth-order valence-corrected chi connectivity index (χ4v) is 3.35. The summed E-state index contributed by atoms with van der Waals surface area (Å²) in [5.74, 6) is 0.805. The first kappa shape index (κ1) is 7.80. The molecule has 0 N–H and O–H groups in total. The highest BCUT2D eigenvalue weighted by atomic mass is 16.5. The van der Waals surface area contributed by atoms with Crippen molar-refractivity contribution < 1.29 is 9.53 Å². The molecule has 1 spiro atoms. The molecule has 2 aliphatic heterocycles. The lowest BCUT2D eigenvalue weighted by atomic mass is 10.0. The zero-order chi connectivity index (χ0) is 9.05. The van der Waals surface area contributed by atoms with Gasteiger partial charge in [0.2, 0.25) is 5.91 Å². The Kier molecular flexibility index (Phi) is 1.36. The van der Waals surface area contributed by atoms with Crippen LogP contribution in [-0.2, 0) is 9.53 Å². The number of carbonyl (C=O) groups is 1. The summed E-state index contributed by atoms with van der Waals surface area (Å²) in [7, 11) is 0. The van der Waals surface area contributed by atoms with Gasteiger partial charge in [-0.3, -0.25) is 4.79 Å². The van der Waals surface area contributed by atoms with Crippen LogP contribution in [0.4, 0.5) is 0 Å². The summed E-state index contributed by atoms with van der Waals surface area (Å²) >= 11 is 0. The second-order valence-corrected chi connectivity index (χ2v) is 4.56. The number of ether oxygens (including phenoxy) is 1. The molecule has 3 nitrogen and oxygen atoms in total. The summed E-state index contributed by atoms with van der Waals surface area (Å²) in [4.78, 5) is 13.7. The van der Waals surface area contributed by atoms with E-state index in [0.717, 1.165) is 19.4 Å². The van der Waals surface area contributed by atoms with Gasteiger partial charge in [-0.1, -0.05) is 0 Å². The third kappa shape index (κ3) is 0.766. The van der Waals surface area contributed by atoms with E-state index in [1.807, 2.05) is 4.90 Å². The van der Waals surface area contributed by atoms with Gasteiger partial charge in [-0.2, -0.15) is 0 Å². The third-order valence-corrected chi connectivity index (χ3v) is 3.84. The van der Waals surface area contributed by atoms with E-state index in [1.165, 1.54) is 12.8 Å². The van der Waals surface area contributed by atoms with Crippen molar-refractivity contribution in [1.82, 2.24) is 4.90 Å². The zero-order valence-corrected chi connectivity index (χ0v) is 7.95. The highest BCUT2D eigenvalue weighted by molar-refractivity contribution is 5.81. The average molecular weight is 181 g/mol. The van der Waals surface area contributed by atoms with Crippen LogP contribution >= 0.6 is 0 Å². The van der Waals surface area contributed by atoms with Crippen molar-refractivity contribution in [3.8, 4) is 0 Å². The van der Waals surface area contributed by atoms with E-state index < -0.39 is 0 Å². The highest BCUT2D eigenvalue weighted by Crippen LogP contribution is 2.52. The second-order valence-electron chi connectivity index (χ2n) is 4.56. The summed E-state index contributed by atoms with van der Waals surface area (Å²) in [6, 6.07) is 0.301. The van der Waals surface area contributed by atoms with Crippen LogP contribution in [0.5, 0.6) is 0 Å². The SMILES string of the molecule is C[C@H]1CO[C@]23CCC[C@H]2CC(=O)N13. The first-order chi connectivity index (χ1) is 6.24. The summed E-state index contributed by atoms with van der Waals surface area (Å²) < 4.78 is 5.88. The maximum absolute atomic E-state index is 11.7. The Morgan fingerprint density at radius 3 is 3.31 bits per heavy atom. The van der Waals surface area contributed by atoms with Crippen molar-refractivity contribution in [2.24, 2.45) is 5.92 Å². The van der Waals surface area contributed by atoms with E-state index >= 15 is 0 Å². The van der Waals surface area contributed by atoms with Gasteiger partial charge in [0, 0.05) is 12.3 Å². The molecular weight excluding hydrogens is 166 g/mol. The molecule has 2 heterocycles. The molecule has 72 valence electrons. The highest BCUT2D eigenvalue weighted by Gasteiger charge is 2.60. The molecule has 3 rings (SSSR count). The largest absolute Gasteiger partial charge is 0.353 e. The first-order valence-electron chi connectivity index (χ1n) is 5.20. The molecule has 0 aromatic heterocycles. The van der Waals surface area contributed by atoms with Crippen molar-refractivity contribution >= 4 is 5.91 Å². The van der Waals surface area contributed by atoms with Crippen LogP contribution in [0.15, 0.2) is 0 Å². The molecule has 0 bridgehead atoms. The Labute approximate surface area is 78.0 Å². The van der Waals surface area contributed by atoms with Crippen LogP contribution in [0.1, 0.15) is 32.6 Å². The summed E-state index contributed by atoms with van der Waals surface area (Å²) in [5.41, 5.74) is -0.156. The van der Waals surface area contributed by atoms with E-state index in [-0.39, 0.29) is 5.72 Å². The minimum Gasteiger partial charge on any atom is -0.353 e. The van der Waals surface area contributed by atoms with Crippen molar-refractivity contribution in [3.63, 3.8) is 0 Å². The Bertz CT molecular complexity index is 266. The molecular formula is C10H15NO2. The molecule has 3 atom stereocenters. The van der Waals surface area contributed by atoms with Crippen molar-refractivity contribution in [2.45, 2.75) is 44.4 Å². The average Bonchev–Trinajstić information content (AvgIpc) is 2.65. The van der Waals surface area contributed by atoms with Crippen LogP contribution < -0.4 is 0 Å². The molecule has 3 heteroatoms. The van der Waals surface area contributed by atoms with Gasteiger partial charge < -0.3 is 9.64 Å². The second kappa shape index (κ2) is 2.27. The monoisotopic (exact) mass is 181 g/mol. The first-order valence-corrected chi connectivity index (χ1v) is 5.20. The van der Waals surface area contributed by atoms with Crippen molar-refractivity contribution in [1.29, 1.82) is 0 Å². The van der Waals surface area contributed by atoms with E-state index in [1.54, 1.807) is 0 Å². The van der Waals surface area contributed by atoms with Gasteiger partial charge in [-0.15, -0.1) is 0 Å². The smallest absolute Gasteiger partial charge is 0.225 e. The van der Waals surface area contributed by atoms with Gasteiger partial charge in [0.1, 0.15) is 5.72 Å². The van der Waals surface area contributed by atoms with E-state index in [9.17, 15) is 4.79 Å². The number of hydrogen-bond acceptors (Lipinski definition) is 2. The van der Waals surface area contributed by atoms with E-state index in [2.05, 4.69) is 6.92 Å². The number of rotatable bonds is 0. The Balaban J connectivity index is 2.03. The van der Waals surface area contributed by atoms with Gasteiger partial charge in [0.05, 0.1) is 12.6 Å². The zero-order valence-electron chi connectivity index (χ0n) is 7.95. The van der Waals surface area contributed by atoms with Gasteiger partial charge in [-0.25, -0.2) is 0 Å². The number of hydrogen-bond donors (Lipinski definition) is 0. The van der Waals surface area contributed by atoms with Crippen LogP contribution in [0, 0.1) is 5.92 Å². The molecule has 0 aromatic rings. The lowest BCUT2D eigenvalue weighted by Crippen LogP contribution is -2.45. The van der Waals surface area contributed by atoms with Gasteiger partial charge in [-0.05, 0) is 26.2 Å². The molecule has 1 amide bonds. The lowest BCUT2D eigenvalue weighted by Gasteiger charge is -2.31. The van der Waals surface area contributed by atoms with E-state index in [4.69, 9.17) is 4.74 Å². The topological polar surface area (TPSA) is 29.5 Å². The standard InChI is InChI=1S/C10H15NO2/c1-7-6-13-10-4-2-3-8(10)5-9(12)11(7)10/h7-8H,2-6H2,1H3/t7-,8-,10+/m0/s1. The van der Waals surface area contributed by atoms with Crippen LogP contribution in [-0.4, -0.2) is 29.2 Å². The number of nitrogens with zero attached hydrogens (tertiary/aromatic N) is 1. The minimum atomic E-state index is -0.156. The summed E-state index contributed by atoms with van der Waals surface area (Å²) in [6.45, 7) is 2.83. The molecule has 1 saturated carbocycles. The van der Waals surface area contributed by atoms with Crippen molar-refractivity contribution in [2.75, 3.05) is 6.61 Å². The predicted octanol–water partition coefficient (Wildman–Crippen LogP) is 1.13. The Morgan fingerprint density at radius 1 is 1.62 bits per heavy atom. The van der Waals surface area contributed by atoms with Crippen LogP contribution in [0.3, 0.4) is 0 Å². The molecule has 0 unspecified atom stereocenters. The maximum Gasteiger partial charge on any atom is 0.225 e. The quantitative estimate of drug-likeness (QED) is 0.560. The molecule has 13 heavy (non-hydrogen) atoms. The number of amides is 1. The van der Waals surface area contributed by atoms with Crippen molar-refractivity contribution in [3.05, 3.63) is 0 Å². The summed E-state index contributed by atoms with van der Waals surface area (Å²) in [5, 5.41) is 0. The predicted molar refractivity (Wildman–Crippen MR) is 46.9 cm³/mol. The molecule has 3 aliphatic rings. The normalized spacial score (nSPS) is 48.4. The third-order valence-electron chi connectivity index (χ3n) is 3.84. The minimum absolute atomic E-state index is 0.156.